The van der Waals surface area contributed by atoms with Crippen LogP contribution < -0.4 is 15.8 Å². The maximum atomic E-state index is 14.1. The number of thiazole rings is 1. The van der Waals surface area contributed by atoms with Crippen LogP contribution in [-0.4, -0.2) is 18.0 Å². The second kappa shape index (κ2) is 5.73. The van der Waals surface area contributed by atoms with Crippen molar-refractivity contribution in [2.24, 2.45) is 0 Å². The Bertz CT molecular complexity index is 727. The molecule has 22 heavy (non-hydrogen) atoms. The number of nitrogen functional groups attached to an aromatic ring is 1. The second-order valence-corrected chi connectivity index (χ2v) is 6.38. The third-order valence-corrected chi connectivity index (χ3v) is 4.85. The zero-order chi connectivity index (χ0) is 15.9. The van der Waals surface area contributed by atoms with Crippen molar-refractivity contribution in [2.45, 2.75) is 18.9 Å². The maximum absolute atomic E-state index is 14.1. The highest BCUT2D eigenvalue weighted by Crippen LogP contribution is 2.40. The molecule has 1 amide bonds. The first-order valence-electron chi connectivity index (χ1n) is 6.54. The Morgan fingerprint density at radius 3 is 3.00 bits per heavy atom. The van der Waals surface area contributed by atoms with Gasteiger partial charge in [0, 0.05) is 17.2 Å². The molecule has 3 N–H and O–H groups in total. The van der Waals surface area contributed by atoms with Crippen LogP contribution in [0, 0.1) is 5.82 Å². The molecule has 1 aliphatic heterocycles. The first kappa shape index (κ1) is 15.1. The summed E-state index contributed by atoms with van der Waals surface area (Å²) >= 11 is 7.37. The molecular formula is C14H13ClFN3O2S. The van der Waals surface area contributed by atoms with Crippen LogP contribution in [0.5, 0.6) is 5.75 Å². The van der Waals surface area contributed by atoms with Crippen LogP contribution in [-0.2, 0) is 11.3 Å². The van der Waals surface area contributed by atoms with E-state index in [9.17, 15) is 9.18 Å². The van der Waals surface area contributed by atoms with Gasteiger partial charge in [0.25, 0.3) is 0 Å². The van der Waals surface area contributed by atoms with Crippen molar-refractivity contribution in [3.8, 4) is 5.75 Å². The molecule has 1 atom stereocenters. The number of nitrogens with two attached hydrogens (primary N) is 1. The van der Waals surface area contributed by atoms with E-state index in [0.29, 0.717) is 22.9 Å². The molecule has 1 aromatic carbocycles. The van der Waals surface area contributed by atoms with Crippen LogP contribution in [0.25, 0.3) is 0 Å². The Hall–Kier alpha value is -1.86. The van der Waals surface area contributed by atoms with Gasteiger partial charge < -0.3 is 15.8 Å². The zero-order valence-electron chi connectivity index (χ0n) is 11.7. The monoisotopic (exact) mass is 341 g/mol. The van der Waals surface area contributed by atoms with E-state index in [1.807, 2.05) is 0 Å². The number of anilines is 1. The van der Waals surface area contributed by atoms with Crippen LogP contribution >= 0.6 is 22.9 Å². The lowest BCUT2D eigenvalue weighted by Crippen LogP contribution is -2.21. The van der Waals surface area contributed by atoms with Crippen LogP contribution in [0.1, 0.15) is 28.5 Å². The number of ether oxygens (including phenoxy) is 1. The Morgan fingerprint density at radius 2 is 2.32 bits per heavy atom. The van der Waals surface area contributed by atoms with Crippen molar-refractivity contribution in [2.75, 3.05) is 12.8 Å². The molecule has 1 aromatic heterocycles. The molecule has 0 spiro atoms. The predicted octanol–water partition coefficient (Wildman–Crippen LogP) is 2.68. The van der Waals surface area contributed by atoms with Gasteiger partial charge in [0.15, 0.2) is 16.7 Å². The lowest BCUT2D eigenvalue weighted by molar-refractivity contribution is -0.121. The fraction of sp³-hybridized carbons (Fsp3) is 0.286. The normalized spacial score (nSPS) is 17.6. The molecule has 0 radical (unpaired) electrons. The molecule has 0 fully saturated rings. The number of hydrogen-bond acceptors (Lipinski definition) is 5. The Morgan fingerprint density at radius 1 is 1.55 bits per heavy atom. The van der Waals surface area contributed by atoms with E-state index in [0.717, 1.165) is 4.88 Å². The minimum absolute atomic E-state index is 0.00691. The van der Waals surface area contributed by atoms with Crippen LogP contribution in [0.3, 0.4) is 0 Å². The summed E-state index contributed by atoms with van der Waals surface area (Å²) in [6, 6.07) is 2.96. The fourth-order valence-corrected chi connectivity index (χ4v) is 3.83. The van der Waals surface area contributed by atoms with E-state index in [2.05, 4.69) is 10.3 Å². The number of nitrogens with zero attached hydrogens (tertiary/aromatic N) is 1. The molecule has 2 aromatic rings. The molecular weight excluding hydrogens is 329 g/mol. The van der Waals surface area contributed by atoms with Crippen molar-refractivity contribution < 1.29 is 13.9 Å². The molecule has 1 aliphatic rings. The van der Waals surface area contributed by atoms with E-state index in [1.165, 1.54) is 24.5 Å². The third kappa shape index (κ3) is 2.62. The molecule has 0 saturated carbocycles. The zero-order valence-corrected chi connectivity index (χ0v) is 13.2. The standard InChI is InChI=1S/C14H13ClFN3O2S/c1-21-12-8(15)2-6(3-9(12)16)7-4-11(20)18-5-10-13(7)22-14(17)19-10/h2-3,7H,4-5H2,1H3,(H2,17,19)(H,18,20). The van der Waals surface area contributed by atoms with Crippen molar-refractivity contribution in [3.63, 3.8) is 0 Å². The number of rotatable bonds is 2. The van der Waals surface area contributed by atoms with E-state index >= 15 is 0 Å². The first-order chi connectivity index (χ1) is 10.5. The Balaban J connectivity index is 2.11. The molecule has 5 nitrogen and oxygen atoms in total. The summed E-state index contributed by atoms with van der Waals surface area (Å²) < 4.78 is 19.0. The Kier molecular flexibility index (Phi) is 3.92. The van der Waals surface area contributed by atoms with Gasteiger partial charge in [0.05, 0.1) is 24.4 Å². The van der Waals surface area contributed by atoms with Gasteiger partial charge in [-0.3, -0.25) is 4.79 Å². The smallest absolute Gasteiger partial charge is 0.221 e. The van der Waals surface area contributed by atoms with Gasteiger partial charge in [-0.25, -0.2) is 9.37 Å². The van der Waals surface area contributed by atoms with Crippen molar-refractivity contribution in [3.05, 3.63) is 39.1 Å². The summed E-state index contributed by atoms with van der Waals surface area (Å²) in [4.78, 5) is 17.0. The molecule has 8 heteroatoms. The molecule has 3 rings (SSSR count). The van der Waals surface area contributed by atoms with Crippen LogP contribution in [0.2, 0.25) is 5.02 Å². The average molecular weight is 342 g/mol. The van der Waals surface area contributed by atoms with E-state index in [4.69, 9.17) is 22.1 Å². The van der Waals surface area contributed by atoms with Crippen LogP contribution in [0.4, 0.5) is 9.52 Å². The van der Waals surface area contributed by atoms with Crippen molar-refractivity contribution in [1.82, 2.24) is 10.3 Å². The highest BCUT2D eigenvalue weighted by molar-refractivity contribution is 7.15. The highest BCUT2D eigenvalue weighted by atomic mass is 35.5. The number of benzene rings is 1. The van der Waals surface area contributed by atoms with Gasteiger partial charge in [-0.15, -0.1) is 11.3 Å². The van der Waals surface area contributed by atoms with Gasteiger partial charge in [-0.05, 0) is 17.7 Å². The summed E-state index contributed by atoms with van der Waals surface area (Å²) in [7, 11) is 1.35. The number of carbonyl (C=O) groups is 1. The van der Waals surface area contributed by atoms with Crippen molar-refractivity contribution >= 4 is 34.0 Å². The van der Waals surface area contributed by atoms with Gasteiger partial charge in [0.1, 0.15) is 0 Å². The second-order valence-electron chi connectivity index (χ2n) is 4.91. The topological polar surface area (TPSA) is 77.2 Å². The Labute approximate surface area is 135 Å². The highest BCUT2D eigenvalue weighted by Gasteiger charge is 2.29. The summed E-state index contributed by atoms with van der Waals surface area (Å²) in [5.74, 6) is -1.02. The number of hydrogen-bond donors (Lipinski definition) is 2. The molecule has 0 bridgehead atoms. The number of fused-ring (bicyclic) bond motifs is 1. The predicted molar refractivity (Wildman–Crippen MR) is 82.8 cm³/mol. The minimum Gasteiger partial charge on any atom is -0.492 e. The molecule has 1 unspecified atom stereocenters. The summed E-state index contributed by atoms with van der Waals surface area (Å²) in [6.07, 6.45) is 0.191. The van der Waals surface area contributed by atoms with Crippen LogP contribution in [0.15, 0.2) is 12.1 Å². The lowest BCUT2D eigenvalue weighted by Gasteiger charge is -2.15. The first-order valence-corrected chi connectivity index (χ1v) is 7.73. The maximum Gasteiger partial charge on any atom is 0.221 e. The molecule has 0 aliphatic carbocycles. The van der Waals surface area contributed by atoms with Gasteiger partial charge in [-0.2, -0.15) is 0 Å². The van der Waals surface area contributed by atoms with Gasteiger partial charge in [0.2, 0.25) is 5.91 Å². The summed E-state index contributed by atoms with van der Waals surface area (Å²) in [5.41, 5.74) is 7.08. The van der Waals surface area contributed by atoms with E-state index < -0.39 is 5.82 Å². The van der Waals surface area contributed by atoms with Crippen molar-refractivity contribution in [1.29, 1.82) is 0 Å². The minimum atomic E-state index is -0.561. The van der Waals surface area contributed by atoms with E-state index in [-0.39, 0.29) is 29.0 Å². The number of methoxy groups -OCH3 is 1. The lowest BCUT2D eigenvalue weighted by atomic mass is 9.93. The summed E-state index contributed by atoms with van der Waals surface area (Å²) in [6.45, 7) is 0.324. The number of aromatic nitrogens is 1. The average Bonchev–Trinajstić information content (AvgIpc) is 2.75. The fourth-order valence-electron chi connectivity index (χ4n) is 2.56. The number of halogens is 2. The molecule has 116 valence electrons. The van der Waals surface area contributed by atoms with Gasteiger partial charge >= 0.3 is 0 Å². The quantitative estimate of drug-likeness (QED) is 0.880. The SMILES string of the molecule is COc1c(F)cc(C2CC(=O)NCc3nc(N)sc32)cc1Cl. The number of carbonyl (C=O) groups excluding carboxylic acids is 1. The number of nitrogens with one attached hydrogen (secondary N) is 1. The molecule has 0 saturated heterocycles. The van der Waals surface area contributed by atoms with E-state index in [1.54, 1.807) is 6.07 Å². The molecule has 2 heterocycles. The third-order valence-electron chi connectivity index (χ3n) is 3.53. The summed E-state index contributed by atoms with van der Waals surface area (Å²) in [5, 5.41) is 3.35. The number of amides is 1. The van der Waals surface area contributed by atoms with Gasteiger partial charge in [-0.1, -0.05) is 11.6 Å². The largest absolute Gasteiger partial charge is 0.492 e.